The van der Waals surface area contributed by atoms with Gasteiger partial charge in [-0.15, -0.1) is 0 Å². The van der Waals surface area contributed by atoms with Crippen molar-refractivity contribution in [3.05, 3.63) is 6.07 Å². The topological polar surface area (TPSA) is 89.8 Å². The average molecular weight is 253 g/mol. The van der Waals surface area contributed by atoms with E-state index in [2.05, 4.69) is 21.5 Å². The van der Waals surface area contributed by atoms with Gasteiger partial charge in [-0.3, -0.25) is 0 Å². The van der Waals surface area contributed by atoms with Crippen molar-refractivity contribution in [3.8, 4) is 0 Å². The van der Waals surface area contributed by atoms with Crippen molar-refractivity contribution in [2.75, 3.05) is 23.0 Å². The summed E-state index contributed by atoms with van der Waals surface area (Å²) < 4.78 is 0. The second-order valence-electron chi connectivity index (χ2n) is 4.39. The lowest BCUT2D eigenvalue weighted by atomic mass is 9.95. The van der Waals surface area contributed by atoms with Crippen molar-refractivity contribution in [3.63, 3.8) is 0 Å². The van der Waals surface area contributed by atoms with Crippen LogP contribution in [0.1, 0.15) is 25.7 Å². The van der Waals surface area contributed by atoms with Gasteiger partial charge in [0.2, 0.25) is 5.95 Å². The predicted octanol–water partition coefficient (Wildman–Crippen LogP) is 1.73. The van der Waals surface area contributed by atoms with Crippen LogP contribution >= 0.6 is 11.8 Å². The summed E-state index contributed by atoms with van der Waals surface area (Å²) in [6, 6.07) is 2.21. The number of nitrogens with two attached hydrogens (primary N) is 2. The Morgan fingerprint density at radius 2 is 1.94 bits per heavy atom. The third kappa shape index (κ3) is 3.39. The number of nitrogen functional groups attached to an aromatic ring is 2. The molecule has 1 aliphatic rings. The molecule has 1 aromatic rings. The second-order valence-corrected chi connectivity index (χ2v) is 5.53. The molecule has 0 saturated heterocycles. The van der Waals surface area contributed by atoms with Crippen molar-refractivity contribution in [1.29, 1.82) is 0 Å². The zero-order chi connectivity index (χ0) is 12.3. The SMILES string of the molecule is CSC1CCC(Nc2cc(N)nc(N)n2)CC1. The minimum atomic E-state index is 0.227. The Morgan fingerprint density at radius 3 is 2.53 bits per heavy atom. The van der Waals surface area contributed by atoms with E-state index in [1.165, 1.54) is 25.7 Å². The minimum absolute atomic E-state index is 0.227. The molecule has 0 amide bonds. The van der Waals surface area contributed by atoms with E-state index in [-0.39, 0.29) is 5.95 Å². The molecule has 0 aromatic carbocycles. The predicted molar refractivity (Wildman–Crippen MR) is 74.0 cm³/mol. The van der Waals surface area contributed by atoms with Gasteiger partial charge in [0.05, 0.1) is 0 Å². The summed E-state index contributed by atoms with van der Waals surface area (Å²) in [6.45, 7) is 0. The van der Waals surface area contributed by atoms with Gasteiger partial charge in [-0.05, 0) is 31.9 Å². The molecule has 2 rings (SSSR count). The normalized spacial score (nSPS) is 24.5. The first-order valence-electron chi connectivity index (χ1n) is 5.86. The highest BCUT2D eigenvalue weighted by Crippen LogP contribution is 2.28. The zero-order valence-corrected chi connectivity index (χ0v) is 10.8. The molecule has 0 atom stereocenters. The second kappa shape index (κ2) is 5.44. The van der Waals surface area contributed by atoms with Gasteiger partial charge in [0.15, 0.2) is 0 Å². The maximum absolute atomic E-state index is 5.63. The molecule has 0 bridgehead atoms. The van der Waals surface area contributed by atoms with E-state index in [0.29, 0.717) is 11.9 Å². The third-order valence-corrected chi connectivity index (χ3v) is 4.26. The molecule has 1 saturated carbocycles. The summed E-state index contributed by atoms with van der Waals surface area (Å²) in [6.07, 6.45) is 7.05. The number of anilines is 3. The van der Waals surface area contributed by atoms with Crippen LogP contribution in [0.4, 0.5) is 17.6 Å². The van der Waals surface area contributed by atoms with Gasteiger partial charge in [0.1, 0.15) is 11.6 Å². The van der Waals surface area contributed by atoms with Gasteiger partial charge < -0.3 is 16.8 Å². The lowest BCUT2D eigenvalue weighted by Crippen LogP contribution is -2.27. The van der Waals surface area contributed by atoms with E-state index in [4.69, 9.17) is 11.5 Å². The summed E-state index contributed by atoms with van der Waals surface area (Å²) in [5.74, 6) is 1.38. The van der Waals surface area contributed by atoms with Crippen LogP contribution in [0.25, 0.3) is 0 Å². The van der Waals surface area contributed by atoms with Gasteiger partial charge in [-0.25, -0.2) is 0 Å². The van der Waals surface area contributed by atoms with E-state index in [0.717, 1.165) is 11.1 Å². The molecule has 5 nitrogen and oxygen atoms in total. The van der Waals surface area contributed by atoms with Crippen molar-refractivity contribution in [2.45, 2.75) is 37.0 Å². The lowest BCUT2D eigenvalue weighted by molar-refractivity contribution is 0.472. The molecule has 6 heteroatoms. The highest BCUT2D eigenvalue weighted by atomic mass is 32.2. The standard InChI is InChI=1S/C11H19N5S/c1-17-8-4-2-7(3-5-8)14-10-6-9(12)15-11(13)16-10/h6-8H,2-5H2,1H3,(H5,12,13,14,15,16). The molecule has 5 N–H and O–H groups in total. The molecule has 1 aliphatic carbocycles. The number of aromatic nitrogens is 2. The summed E-state index contributed by atoms with van der Waals surface area (Å²) in [5.41, 5.74) is 11.2. The Bertz CT molecular complexity index is 356. The molecular weight excluding hydrogens is 234 g/mol. The highest BCUT2D eigenvalue weighted by Gasteiger charge is 2.20. The van der Waals surface area contributed by atoms with Gasteiger partial charge >= 0.3 is 0 Å². The highest BCUT2D eigenvalue weighted by molar-refractivity contribution is 7.99. The number of thioether (sulfide) groups is 1. The van der Waals surface area contributed by atoms with Crippen LogP contribution in [0.2, 0.25) is 0 Å². The molecule has 1 heterocycles. The number of hydrogen-bond donors (Lipinski definition) is 3. The van der Waals surface area contributed by atoms with Crippen LogP contribution in [-0.2, 0) is 0 Å². The number of nitrogens with zero attached hydrogens (tertiary/aromatic N) is 2. The van der Waals surface area contributed by atoms with Crippen molar-refractivity contribution < 1.29 is 0 Å². The van der Waals surface area contributed by atoms with Crippen molar-refractivity contribution in [2.24, 2.45) is 0 Å². The van der Waals surface area contributed by atoms with Crippen LogP contribution in [0, 0.1) is 0 Å². The van der Waals surface area contributed by atoms with Crippen LogP contribution in [0.3, 0.4) is 0 Å². The number of hydrogen-bond acceptors (Lipinski definition) is 6. The molecular formula is C11H19N5S. The Hall–Kier alpha value is -1.17. The van der Waals surface area contributed by atoms with E-state index in [1.807, 2.05) is 11.8 Å². The van der Waals surface area contributed by atoms with Crippen LogP contribution in [0.15, 0.2) is 6.07 Å². The smallest absolute Gasteiger partial charge is 0.223 e. The largest absolute Gasteiger partial charge is 0.383 e. The van der Waals surface area contributed by atoms with Crippen molar-refractivity contribution >= 4 is 29.3 Å². The first-order valence-corrected chi connectivity index (χ1v) is 7.15. The van der Waals surface area contributed by atoms with E-state index >= 15 is 0 Å². The summed E-state index contributed by atoms with van der Waals surface area (Å²) in [4.78, 5) is 7.99. The van der Waals surface area contributed by atoms with E-state index in [9.17, 15) is 0 Å². The zero-order valence-electron chi connectivity index (χ0n) is 10.0. The summed E-state index contributed by atoms with van der Waals surface area (Å²) in [7, 11) is 0. The molecule has 0 radical (unpaired) electrons. The molecule has 0 aliphatic heterocycles. The third-order valence-electron chi connectivity index (χ3n) is 3.12. The van der Waals surface area contributed by atoms with Gasteiger partial charge in [-0.2, -0.15) is 21.7 Å². The maximum Gasteiger partial charge on any atom is 0.223 e. The maximum atomic E-state index is 5.63. The summed E-state index contributed by atoms with van der Waals surface area (Å²) in [5, 5.41) is 4.20. The minimum Gasteiger partial charge on any atom is -0.383 e. The Balaban J connectivity index is 1.93. The van der Waals surface area contributed by atoms with Crippen molar-refractivity contribution in [1.82, 2.24) is 9.97 Å². The van der Waals surface area contributed by atoms with E-state index < -0.39 is 0 Å². The molecule has 0 unspecified atom stereocenters. The van der Waals surface area contributed by atoms with E-state index in [1.54, 1.807) is 6.07 Å². The van der Waals surface area contributed by atoms with Gasteiger partial charge in [0, 0.05) is 17.4 Å². The van der Waals surface area contributed by atoms with Crippen LogP contribution in [0.5, 0.6) is 0 Å². The fourth-order valence-electron chi connectivity index (χ4n) is 2.21. The Labute approximate surface area is 106 Å². The molecule has 1 fully saturated rings. The van der Waals surface area contributed by atoms with Crippen LogP contribution in [-0.4, -0.2) is 27.5 Å². The average Bonchev–Trinajstić information content (AvgIpc) is 2.28. The van der Waals surface area contributed by atoms with Gasteiger partial charge in [0.25, 0.3) is 0 Å². The molecule has 0 spiro atoms. The lowest BCUT2D eigenvalue weighted by Gasteiger charge is -2.28. The quantitative estimate of drug-likeness (QED) is 0.760. The fraction of sp³-hybridized carbons (Fsp3) is 0.636. The first-order chi connectivity index (χ1) is 8.17. The number of nitrogens with one attached hydrogen (secondary N) is 1. The Morgan fingerprint density at radius 1 is 1.24 bits per heavy atom. The monoisotopic (exact) mass is 253 g/mol. The molecule has 94 valence electrons. The molecule has 17 heavy (non-hydrogen) atoms. The number of rotatable bonds is 3. The van der Waals surface area contributed by atoms with Gasteiger partial charge in [-0.1, -0.05) is 0 Å². The molecule has 1 aromatic heterocycles. The fourth-order valence-corrected chi connectivity index (χ4v) is 2.95. The first kappa shape index (κ1) is 12.3. The summed E-state index contributed by atoms with van der Waals surface area (Å²) >= 11 is 1.97. The Kier molecular flexibility index (Phi) is 3.93. The van der Waals surface area contributed by atoms with Crippen LogP contribution < -0.4 is 16.8 Å².